The molecule has 1 aromatic rings. The molecule has 1 aliphatic rings. The fourth-order valence-corrected chi connectivity index (χ4v) is 2.91. The minimum atomic E-state index is -0.422. The average molecular weight is 284 g/mol. The molecule has 0 bridgehead atoms. The Hall–Kier alpha value is -1.04. The van der Waals surface area contributed by atoms with Crippen LogP contribution in [0.25, 0.3) is 0 Å². The van der Waals surface area contributed by atoms with Crippen molar-refractivity contribution >= 4 is 0 Å². The van der Waals surface area contributed by atoms with E-state index in [9.17, 15) is 8.78 Å². The molecule has 1 saturated heterocycles. The van der Waals surface area contributed by atoms with Gasteiger partial charge in [-0.3, -0.25) is 4.90 Å². The molecular formula is C15H22F2N2O. The smallest absolute Gasteiger partial charge is 0.128 e. The molecule has 0 saturated carbocycles. The summed E-state index contributed by atoms with van der Waals surface area (Å²) in [6, 6.07) is 3.31. The molecule has 1 fully saturated rings. The first-order chi connectivity index (χ1) is 9.65. The first-order valence-corrected chi connectivity index (χ1v) is 7.03. The van der Waals surface area contributed by atoms with Gasteiger partial charge in [-0.25, -0.2) is 8.78 Å². The molecule has 0 spiro atoms. The molecule has 3 nitrogen and oxygen atoms in total. The molecule has 0 amide bonds. The van der Waals surface area contributed by atoms with Gasteiger partial charge in [0.05, 0.1) is 0 Å². The number of halogens is 2. The largest absolute Gasteiger partial charge is 0.384 e. The van der Waals surface area contributed by atoms with Gasteiger partial charge in [-0.15, -0.1) is 0 Å². The van der Waals surface area contributed by atoms with Gasteiger partial charge in [-0.1, -0.05) is 0 Å². The van der Waals surface area contributed by atoms with E-state index in [1.807, 2.05) is 0 Å². The lowest BCUT2D eigenvalue weighted by atomic mass is 9.94. The van der Waals surface area contributed by atoms with Crippen LogP contribution in [0.5, 0.6) is 0 Å². The Morgan fingerprint density at radius 1 is 1.35 bits per heavy atom. The molecule has 1 aliphatic heterocycles. The van der Waals surface area contributed by atoms with Crippen LogP contribution < -0.4 is 5.73 Å². The van der Waals surface area contributed by atoms with Crippen molar-refractivity contribution in [3.63, 3.8) is 0 Å². The summed E-state index contributed by atoms with van der Waals surface area (Å²) < 4.78 is 32.4. The summed E-state index contributed by atoms with van der Waals surface area (Å²) in [5.74, 6) is -0.262. The highest BCUT2D eigenvalue weighted by Gasteiger charge is 2.27. The summed E-state index contributed by atoms with van der Waals surface area (Å²) in [5, 5.41) is 0. The van der Waals surface area contributed by atoms with E-state index in [-0.39, 0.29) is 18.4 Å². The molecule has 5 heteroatoms. The fourth-order valence-electron chi connectivity index (χ4n) is 2.91. The maximum atomic E-state index is 13.9. The fraction of sp³-hybridized carbons (Fsp3) is 0.600. The van der Waals surface area contributed by atoms with E-state index >= 15 is 0 Å². The van der Waals surface area contributed by atoms with Gasteiger partial charge in [0.15, 0.2) is 0 Å². The Labute approximate surface area is 118 Å². The average Bonchev–Trinajstić information content (AvgIpc) is 2.45. The van der Waals surface area contributed by atoms with Crippen LogP contribution in [-0.2, 0) is 4.74 Å². The summed E-state index contributed by atoms with van der Waals surface area (Å²) in [4.78, 5) is 2.14. The van der Waals surface area contributed by atoms with Gasteiger partial charge < -0.3 is 10.5 Å². The Bertz CT molecular complexity index is 434. The molecule has 1 unspecified atom stereocenters. The van der Waals surface area contributed by atoms with Gasteiger partial charge in [0.25, 0.3) is 0 Å². The SMILES string of the molecule is COCC1CCN(C(CN)c2cc(F)ccc2F)CC1. The summed E-state index contributed by atoms with van der Waals surface area (Å²) >= 11 is 0. The van der Waals surface area contributed by atoms with Gasteiger partial charge in [0, 0.05) is 31.9 Å². The molecular weight excluding hydrogens is 262 g/mol. The molecule has 1 aromatic carbocycles. The number of ether oxygens (including phenoxy) is 1. The first-order valence-electron chi connectivity index (χ1n) is 7.03. The normalized spacial score (nSPS) is 19.2. The third-order valence-electron chi connectivity index (χ3n) is 4.03. The Balaban J connectivity index is 2.07. The van der Waals surface area contributed by atoms with Crippen molar-refractivity contribution in [3.05, 3.63) is 35.4 Å². The van der Waals surface area contributed by atoms with Crippen LogP contribution in [0.3, 0.4) is 0 Å². The second-order valence-electron chi connectivity index (χ2n) is 5.35. The second kappa shape index (κ2) is 7.11. The van der Waals surface area contributed by atoms with Crippen molar-refractivity contribution in [3.8, 4) is 0 Å². The third-order valence-corrected chi connectivity index (χ3v) is 4.03. The third kappa shape index (κ3) is 3.53. The summed E-state index contributed by atoms with van der Waals surface area (Å²) in [7, 11) is 1.71. The highest BCUT2D eigenvalue weighted by atomic mass is 19.1. The zero-order valence-electron chi connectivity index (χ0n) is 11.8. The topological polar surface area (TPSA) is 38.5 Å². The van der Waals surface area contributed by atoms with Crippen LogP contribution in [0.2, 0.25) is 0 Å². The molecule has 1 atom stereocenters. The highest BCUT2D eigenvalue weighted by Crippen LogP contribution is 2.28. The summed E-state index contributed by atoms with van der Waals surface area (Å²) in [6.07, 6.45) is 2.00. The first kappa shape index (κ1) is 15.4. The van der Waals surface area contributed by atoms with Crippen molar-refractivity contribution in [1.29, 1.82) is 0 Å². The number of piperidine rings is 1. The number of likely N-dealkylation sites (tertiary alicyclic amines) is 1. The van der Waals surface area contributed by atoms with Crippen LogP contribution >= 0.6 is 0 Å². The van der Waals surface area contributed by atoms with Crippen LogP contribution in [0.4, 0.5) is 8.78 Å². The maximum Gasteiger partial charge on any atom is 0.128 e. The highest BCUT2D eigenvalue weighted by molar-refractivity contribution is 5.23. The lowest BCUT2D eigenvalue weighted by Crippen LogP contribution is -2.41. The van der Waals surface area contributed by atoms with Crippen LogP contribution in [0.1, 0.15) is 24.4 Å². The van der Waals surface area contributed by atoms with Gasteiger partial charge >= 0.3 is 0 Å². The van der Waals surface area contributed by atoms with Gasteiger partial charge in [0.2, 0.25) is 0 Å². The Morgan fingerprint density at radius 3 is 2.65 bits per heavy atom. The molecule has 2 N–H and O–H groups in total. The zero-order chi connectivity index (χ0) is 14.5. The quantitative estimate of drug-likeness (QED) is 0.902. The second-order valence-corrected chi connectivity index (χ2v) is 5.35. The molecule has 112 valence electrons. The minimum Gasteiger partial charge on any atom is -0.384 e. The number of nitrogens with two attached hydrogens (primary N) is 1. The number of methoxy groups -OCH3 is 1. The van der Waals surface area contributed by atoms with Crippen LogP contribution in [0, 0.1) is 17.6 Å². The molecule has 0 radical (unpaired) electrons. The van der Waals surface area contributed by atoms with E-state index in [2.05, 4.69) is 4.90 Å². The van der Waals surface area contributed by atoms with Gasteiger partial charge in [0.1, 0.15) is 11.6 Å². The van der Waals surface area contributed by atoms with Crippen LogP contribution in [-0.4, -0.2) is 38.3 Å². The summed E-state index contributed by atoms with van der Waals surface area (Å²) in [5.41, 5.74) is 6.15. The predicted octanol–water partition coefficient (Wildman–Crippen LogP) is 2.32. The number of hydrogen-bond acceptors (Lipinski definition) is 3. The van der Waals surface area contributed by atoms with Crippen molar-refractivity contribution in [1.82, 2.24) is 4.90 Å². The van der Waals surface area contributed by atoms with E-state index in [0.29, 0.717) is 11.5 Å². The minimum absolute atomic E-state index is 0.255. The van der Waals surface area contributed by atoms with E-state index in [0.717, 1.165) is 38.6 Å². The molecule has 0 aromatic heterocycles. The van der Waals surface area contributed by atoms with E-state index < -0.39 is 5.82 Å². The molecule has 0 aliphatic carbocycles. The number of benzene rings is 1. The van der Waals surface area contributed by atoms with E-state index in [4.69, 9.17) is 10.5 Å². The van der Waals surface area contributed by atoms with Crippen LogP contribution in [0.15, 0.2) is 18.2 Å². The van der Waals surface area contributed by atoms with E-state index in [1.54, 1.807) is 7.11 Å². The number of nitrogens with zero attached hydrogens (tertiary/aromatic N) is 1. The molecule has 20 heavy (non-hydrogen) atoms. The Kier molecular flexibility index (Phi) is 5.46. The van der Waals surface area contributed by atoms with Gasteiger partial charge in [-0.2, -0.15) is 0 Å². The summed E-state index contributed by atoms with van der Waals surface area (Å²) in [6.45, 7) is 2.72. The predicted molar refractivity (Wildman–Crippen MR) is 74.3 cm³/mol. The zero-order valence-corrected chi connectivity index (χ0v) is 11.8. The lowest BCUT2D eigenvalue weighted by Gasteiger charge is -2.37. The Morgan fingerprint density at radius 2 is 2.05 bits per heavy atom. The lowest BCUT2D eigenvalue weighted by molar-refractivity contribution is 0.0801. The molecule has 1 heterocycles. The number of hydrogen-bond donors (Lipinski definition) is 1. The van der Waals surface area contributed by atoms with Crippen molar-refractivity contribution < 1.29 is 13.5 Å². The number of rotatable bonds is 5. The van der Waals surface area contributed by atoms with Crippen molar-refractivity contribution in [2.75, 3.05) is 33.4 Å². The van der Waals surface area contributed by atoms with Gasteiger partial charge in [-0.05, 0) is 50.0 Å². The standard InChI is InChI=1S/C15H22F2N2O/c1-20-10-11-4-6-19(7-5-11)15(9-18)13-8-12(16)2-3-14(13)17/h2-3,8,11,15H,4-7,9-10,18H2,1H3. The van der Waals surface area contributed by atoms with E-state index in [1.165, 1.54) is 12.1 Å². The molecule has 2 rings (SSSR count). The van der Waals surface area contributed by atoms with Crippen molar-refractivity contribution in [2.45, 2.75) is 18.9 Å². The maximum absolute atomic E-state index is 13.9. The van der Waals surface area contributed by atoms with Crippen molar-refractivity contribution in [2.24, 2.45) is 11.7 Å². The monoisotopic (exact) mass is 284 g/mol.